The third-order valence-corrected chi connectivity index (χ3v) is 6.06. The van der Waals surface area contributed by atoms with Gasteiger partial charge in [0, 0.05) is 17.3 Å². The number of carbonyl (C=O) groups is 1. The minimum absolute atomic E-state index is 0.0792. The van der Waals surface area contributed by atoms with Gasteiger partial charge in [-0.05, 0) is 86.5 Å². The number of carbonyl (C=O) groups excluding carboxylic acids is 1. The molecule has 0 radical (unpaired) electrons. The van der Waals surface area contributed by atoms with Crippen LogP contribution in [0, 0.1) is 30.6 Å². The second-order valence-corrected chi connectivity index (χ2v) is 7.50. The van der Waals surface area contributed by atoms with Crippen LogP contribution in [0.4, 0.5) is 5.69 Å². The third kappa shape index (κ3) is 2.23. The largest absolute Gasteiger partial charge is 0.399 e. The number of nitrogen functional groups attached to an aromatic ring is 1. The first-order valence-electron chi connectivity index (χ1n) is 8.27. The van der Waals surface area contributed by atoms with Gasteiger partial charge < -0.3 is 11.1 Å². The monoisotopic (exact) mass is 284 g/mol. The van der Waals surface area contributed by atoms with Gasteiger partial charge in [0.25, 0.3) is 5.91 Å². The summed E-state index contributed by atoms with van der Waals surface area (Å²) >= 11 is 0. The molecule has 0 atom stereocenters. The van der Waals surface area contributed by atoms with Crippen LogP contribution in [0.2, 0.25) is 0 Å². The lowest BCUT2D eigenvalue weighted by atomic mass is 9.54. The molecular formula is C18H24N2O. The fourth-order valence-corrected chi connectivity index (χ4v) is 5.21. The summed E-state index contributed by atoms with van der Waals surface area (Å²) in [5.74, 6) is 3.41. The van der Waals surface area contributed by atoms with E-state index >= 15 is 0 Å². The Morgan fingerprint density at radius 3 is 2.29 bits per heavy atom. The van der Waals surface area contributed by atoms with Gasteiger partial charge in [-0.15, -0.1) is 0 Å². The summed E-state index contributed by atoms with van der Waals surface area (Å²) in [4.78, 5) is 12.5. The highest BCUT2D eigenvalue weighted by atomic mass is 16.1. The maximum absolute atomic E-state index is 12.5. The molecule has 1 aromatic carbocycles. The highest BCUT2D eigenvalue weighted by Gasteiger charge is 2.48. The maximum atomic E-state index is 12.5. The van der Waals surface area contributed by atoms with Crippen LogP contribution in [0.3, 0.4) is 0 Å². The minimum Gasteiger partial charge on any atom is -0.399 e. The van der Waals surface area contributed by atoms with E-state index in [1.807, 2.05) is 25.1 Å². The number of aryl methyl sites for hydroxylation is 1. The molecular weight excluding hydrogens is 260 g/mol. The second-order valence-electron chi connectivity index (χ2n) is 7.50. The van der Waals surface area contributed by atoms with E-state index in [0.29, 0.717) is 6.04 Å². The van der Waals surface area contributed by atoms with Gasteiger partial charge in [0.1, 0.15) is 0 Å². The van der Waals surface area contributed by atoms with Crippen molar-refractivity contribution in [3.63, 3.8) is 0 Å². The maximum Gasteiger partial charge on any atom is 0.251 e. The number of nitrogens with one attached hydrogen (secondary N) is 1. The van der Waals surface area contributed by atoms with Crippen molar-refractivity contribution in [2.45, 2.75) is 45.1 Å². The van der Waals surface area contributed by atoms with Gasteiger partial charge in [0.15, 0.2) is 0 Å². The van der Waals surface area contributed by atoms with E-state index in [-0.39, 0.29) is 5.91 Å². The van der Waals surface area contributed by atoms with Crippen molar-refractivity contribution < 1.29 is 4.79 Å². The highest BCUT2D eigenvalue weighted by molar-refractivity contribution is 5.95. The number of nitrogens with two attached hydrogens (primary N) is 1. The van der Waals surface area contributed by atoms with E-state index in [0.717, 1.165) is 40.5 Å². The van der Waals surface area contributed by atoms with Gasteiger partial charge in [-0.3, -0.25) is 4.79 Å². The summed E-state index contributed by atoms with van der Waals surface area (Å²) in [6.07, 6.45) is 6.78. The molecule has 0 unspecified atom stereocenters. The molecule has 4 aliphatic rings. The molecule has 1 aromatic rings. The fraction of sp³-hybridized carbons (Fsp3) is 0.611. The quantitative estimate of drug-likeness (QED) is 0.820. The van der Waals surface area contributed by atoms with Crippen LogP contribution in [0.25, 0.3) is 0 Å². The number of hydrogen-bond donors (Lipinski definition) is 2. The molecule has 1 amide bonds. The van der Waals surface area contributed by atoms with Crippen LogP contribution in [0.1, 0.15) is 48.0 Å². The number of benzene rings is 1. The summed E-state index contributed by atoms with van der Waals surface area (Å²) in [6.45, 7) is 1.95. The fourth-order valence-electron chi connectivity index (χ4n) is 5.21. The van der Waals surface area contributed by atoms with E-state index in [9.17, 15) is 4.79 Å². The molecule has 4 aliphatic carbocycles. The van der Waals surface area contributed by atoms with Gasteiger partial charge in [0.2, 0.25) is 0 Å². The molecule has 4 bridgehead atoms. The van der Waals surface area contributed by atoms with Gasteiger partial charge in [-0.1, -0.05) is 0 Å². The minimum atomic E-state index is 0.0792. The Kier molecular flexibility index (Phi) is 2.98. The summed E-state index contributed by atoms with van der Waals surface area (Å²) < 4.78 is 0. The van der Waals surface area contributed by atoms with Crippen LogP contribution in [0.5, 0.6) is 0 Å². The topological polar surface area (TPSA) is 55.1 Å². The van der Waals surface area contributed by atoms with Gasteiger partial charge >= 0.3 is 0 Å². The molecule has 0 spiro atoms. The van der Waals surface area contributed by atoms with Gasteiger partial charge in [0.05, 0.1) is 0 Å². The number of anilines is 1. The van der Waals surface area contributed by atoms with E-state index in [1.165, 1.54) is 32.1 Å². The van der Waals surface area contributed by atoms with Crippen molar-refractivity contribution in [1.29, 1.82) is 0 Å². The highest BCUT2D eigenvalue weighted by Crippen LogP contribution is 2.53. The van der Waals surface area contributed by atoms with E-state index in [2.05, 4.69) is 5.32 Å². The summed E-state index contributed by atoms with van der Waals surface area (Å²) in [5.41, 5.74) is 8.31. The third-order valence-electron chi connectivity index (χ3n) is 6.06. The lowest BCUT2D eigenvalue weighted by molar-refractivity contribution is -0.0119. The number of amides is 1. The van der Waals surface area contributed by atoms with Crippen LogP contribution in [-0.2, 0) is 0 Å². The summed E-state index contributed by atoms with van der Waals surface area (Å²) in [5, 5.41) is 3.35. The first-order chi connectivity index (χ1) is 10.1. The van der Waals surface area contributed by atoms with E-state index in [1.54, 1.807) is 0 Å². The number of rotatable bonds is 2. The lowest BCUT2D eigenvalue weighted by Gasteiger charge is -2.54. The van der Waals surface area contributed by atoms with Crippen molar-refractivity contribution in [2.75, 3.05) is 5.73 Å². The van der Waals surface area contributed by atoms with Gasteiger partial charge in [-0.25, -0.2) is 0 Å². The SMILES string of the molecule is Cc1cc(C(=O)NC2C3CC4CC(C3)CC2C4)ccc1N. The van der Waals surface area contributed by atoms with Crippen LogP contribution < -0.4 is 11.1 Å². The summed E-state index contributed by atoms with van der Waals surface area (Å²) in [7, 11) is 0. The van der Waals surface area contributed by atoms with Crippen LogP contribution in [-0.4, -0.2) is 11.9 Å². The normalized spacial score (nSPS) is 36.7. The molecule has 0 heterocycles. The van der Waals surface area contributed by atoms with Crippen molar-refractivity contribution in [3.05, 3.63) is 29.3 Å². The van der Waals surface area contributed by atoms with Crippen molar-refractivity contribution >= 4 is 11.6 Å². The predicted molar refractivity (Wildman–Crippen MR) is 83.9 cm³/mol. The smallest absolute Gasteiger partial charge is 0.251 e. The van der Waals surface area contributed by atoms with Gasteiger partial charge in [-0.2, -0.15) is 0 Å². The molecule has 5 rings (SSSR count). The molecule has 0 aliphatic heterocycles. The Morgan fingerprint density at radius 1 is 1.10 bits per heavy atom. The summed E-state index contributed by atoms with van der Waals surface area (Å²) in [6, 6.07) is 5.98. The standard InChI is InChI=1S/C18H24N2O/c1-10-4-13(2-3-16(10)19)18(21)20-17-14-6-11-5-12(8-14)9-15(17)7-11/h2-4,11-12,14-15,17H,5-9,19H2,1H3,(H,20,21). The zero-order valence-corrected chi connectivity index (χ0v) is 12.6. The second kappa shape index (κ2) is 4.75. The Morgan fingerprint density at radius 2 is 1.71 bits per heavy atom. The molecule has 112 valence electrons. The number of hydrogen-bond acceptors (Lipinski definition) is 2. The lowest BCUT2D eigenvalue weighted by Crippen LogP contribution is -2.55. The molecule has 21 heavy (non-hydrogen) atoms. The average molecular weight is 284 g/mol. The van der Waals surface area contributed by atoms with Crippen molar-refractivity contribution in [3.8, 4) is 0 Å². The van der Waals surface area contributed by atoms with E-state index < -0.39 is 0 Å². The Labute approximate surface area is 126 Å². The van der Waals surface area contributed by atoms with Crippen LogP contribution in [0.15, 0.2) is 18.2 Å². The molecule has 3 N–H and O–H groups in total. The molecule has 0 saturated heterocycles. The molecule has 0 aromatic heterocycles. The Bertz CT molecular complexity index is 553. The van der Waals surface area contributed by atoms with Crippen LogP contribution >= 0.6 is 0 Å². The predicted octanol–water partition coefficient (Wildman–Crippen LogP) is 3.13. The first-order valence-corrected chi connectivity index (χ1v) is 8.27. The van der Waals surface area contributed by atoms with E-state index in [4.69, 9.17) is 5.73 Å². The Balaban J connectivity index is 1.50. The molecule has 3 nitrogen and oxygen atoms in total. The zero-order chi connectivity index (χ0) is 14.6. The molecule has 4 saturated carbocycles. The van der Waals surface area contributed by atoms with Crippen molar-refractivity contribution in [1.82, 2.24) is 5.32 Å². The average Bonchev–Trinajstić information content (AvgIpc) is 2.45. The molecule has 3 heteroatoms. The first kappa shape index (κ1) is 13.2. The Hall–Kier alpha value is -1.51. The molecule has 4 fully saturated rings. The van der Waals surface area contributed by atoms with Crippen molar-refractivity contribution in [2.24, 2.45) is 23.7 Å². The zero-order valence-electron chi connectivity index (χ0n) is 12.6.